The van der Waals surface area contributed by atoms with Gasteiger partial charge in [-0.15, -0.1) is 5.10 Å². The first-order valence-electron chi connectivity index (χ1n) is 10.6. The normalized spacial score (nSPS) is 14.9. The first-order valence-corrected chi connectivity index (χ1v) is 12.1. The van der Waals surface area contributed by atoms with E-state index in [4.69, 9.17) is 9.47 Å². The predicted molar refractivity (Wildman–Crippen MR) is 125 cm³/mol. The number of fused-ring (bicyclic) bond motifs is 1. The lowest BCUT2D eigenvalue weighted by molar-refractivity contribution is 0.384. The lowest BCUT2D eigenvalue weighted by Gasteiger charge is -2.34. The van der Waals surface area contributed by atoms with Crippen LogP contribution in [0.1, 0.15) is 0 Å². The summed E-state index contributed by atoms with van der Waals surface area (Å²) in [5.74, 6) is 1.93. The van der Waals surface area contributed by atoms with Crippen LogP contribution in [0.15, 0.2) is 59.8 Å². The Bertz CT molecular complexity index is 1410. The Morgan fingerprint density at radius 2 is 1.62 bits per heavy atom. The summed E-state index contributed by atoms with van der Waals surface area (Å²) < 4.78 is 39.7. The van der Waals surface area contributed by atoms with Gasteiger partial charge in [0, 0.05) is 32.2 Å². The molecule has 0 saturated carbocycles. The Morgan fingerprint density at radius 3 is 2.32 bits per heavy atom. The van der Waals surface area contributed by atoms with Crippen molar-refractivity contribution in [2.75, 3.05) is 45.3 Å². The first kappa shape index (κ1) is 22.0. The summed E-state index contributed by atoms with van der Waals surface area (Å²) in [6.45, 7) is 1.58. The van der Waals surface area contributed by atoms with Gasteiger partial charge in [-0.25, -0.2) is 18.4 Å². The van der Waals surface area contributed by atoms with E-state index in [2.05, 4.69) is 20.3 Å². The topological polar surface area (TPSA) is 116 Å². The second kappa shape index (κ2) is 8.88. The molecule has 0 atom stereocenters. The second-order valence-electron chi connectivity index (χ2n) is 7.64. The van der Waals surface area contributed by atoms with Gasteiger partial charge in [0.25, 0.3) is 0 Å². The van der Waals surface area contributed by atoms with Crippen LogP contribution >= 0.6 is 0 Å². The zero-order valence-electron chi connectivity index (χ0n) is 18.7. The van der Waals surface area contributed by atoms with Gasteiger partial charge in [0.2, 0.25) is 10.0 Å². The van der Waals surface area contributed by atoms with E-state index in [1.165, 1.54) is 10.6 Å². The van der Waals surface area contributed by atoms with Crippen LogP contribution in [0.4, 0.5) is 5.82 Å². The van der Waals surface area contributed by atoms with E-state index in [0.717, 1.165) is 5.69 Å². The minimum absolute atomic E-state index is 0.243. The predicted octanol–water partition coefficient (Wildman–Crippen LogP) is 1.74. The molecule has 2 aromatic heterocycles. The summed E-state index contributed by atoms with van der Waals surface area (Å²) in [4.78, 5) is 11.1. The van der Waals surface area contributed by atoms with Crippen LogP contribution in [-0.2, 0) is 10.0 Å². The molecule has 0 radical (unpaired) electrons. The van der Waals surface area contributed by atoms with Gasteiger partial charge in [-0.1, -0.05) is 11.3 Å². The van der Waals surface area contributed by atoms with E-state index in [1.807, 2.05) is 29.2 Å². The molecule has 0 N–H and O–H groups in total. The minimum atomic E-state index is -3.60. The number of ether oxygens (including phenoxy) is 2. The molecule has 1 aliphatic heterocycles. The highest BCUT2D eigenvalue weighted by Crippen LogP contribution is 2.26. The van der Waals surface area contributed by atoms with Crippen LogP contribution in [0.5, 0.6) is 11.5 Å². The van der Waals surface area contributed by atoms with Gasteiger partial charge in [0.15, 0.2) is 17.0 Å². The van der Waals surface area contributed by atoms with Gasteiger partial charge in [-0.05, 0) is 36.4 Å². The maximum absolute atomic E-state index is 13.1. The number of nitrogens with zero attached hydrogens (tertiary/aromatic N) is 7. The Morgan fingerprint density at radius 1 is 0.882 bits per heavy atom. The van der Waals surface area contributed by atoms with E-state index in [9.17, 15) is 8.42 Å². The number of hydrogen-bond acceptors (Lipinski definition) is 9. The Hall–Kier alpha value is -3.77. The highest BCUT2D eigenvalue weighted by Gasteiger charge is 2.30. The van der Waals surface area contributed by atoms with E-state index in [0.29, 0.717) is 54.7 Å². The maximum atomic E-state index is 13.1. The summed E-state index contributed by atoms with van der Waals surface area (Å²) in [5, 5.41) is 8.59. The second-order valence-corrected chi connectivity index (χ2v) is 9.58. The SMILES string of the molecule is COc1ccc(S(=O)(=O)N2CCN(c3ncnc4c3nnn4-c3cccc(OC)c3)CC2)cc1. The van der Waals surface area contributed by atoms with Crippen molar-refractivity contribution in [3.05, 3.63) is 54.9 Å². The monoisotopic (exact) mass is 481 g/mol. The van der Waals surface area contributed by atoms with Crippen LogP contribution < -0.4 is 14.4 Å². The fourth-order valence-corrected chi connectivity index (χ4v) is 5.34. The number of rotatable bonds is 6. The largest absolute Gasteiger partial charge is 0.497 e. The number of anilines is 1. The molecule has 0 aliphatic carbocycles. The van der Waals surface area contributed by atoms with Crippen molar-refractivity contribution in [2.45, 2.75) is 4.90 Å². The molecule has 0 spiro atoms. The number of hydrogen-bond donors (Lipinski definition) is 0. The fraction of sp³-hybridized carbons (Fsp3) is 0.273. The van der Waals surface area contributed by atoms with Gasteiger partial charge in [-0.2, -0.15) is 8.99 Å². The third-order valence-electron chi connectivity index (χ3n) is 5.75. The summed E-state index contributed by atoms with van der Waals surface area (Å²) in [6, 6.07) is 13.9. The molecule has 5 rings (SSSR count). The quantitative estimate of drug-likeness (QED) is 0.406. The van der Waals surface area contributed by atoms with E-state index in [1.54, 1.807) is 43.2 Å². The Labute approximate surface area is 196 Å². The molecule has 11 nitrogen and oxygen atoms in total. The zero-order valence-corrected chi connectivity index (χ0v) is 19.5. The van der Waals surface area contributed by atoms with Gasteiger partial charge < -0.3 is 14.4 Å². The van der Waals surface area contributed by atoms with E-state index < -0.39 is 10.0 Å². The molecule has 0 amide bonds. The molecule has 176 valence electrons. The molecule has 0 unspecified atom stereocenters. The molecular formula is C22H23N7O4S. The number of piperazine rings is 1. The lowest BCUT2D eigenvalue weighted by atomic mass is 10.3. The molecule has 34 heavy (non-hydrogen) atoms. The van der Waals surface area contributed by atoms with Crippen LogP contribution in [0, 0.1) is 0 Å². The molecule has 1 saturated heterocycles. The van der Waals surface area contributed by atoms with Gasteiger partial charge in [0.1, 0.15) is 17.8 Å². The maximum Gasteiger partial charge on any atom is 0.243 e. The van der Waals surface area contributed by atoms with E-state index >= 15 is 0 Å². The molecular weight excluding hydrogens is 458 g/mol. The van der Waals surface area contributed by atoms with Gasteiger partial charge >= 0.3 is 0 Å². The summed E-state index contributed by atoms with van der Waals surface area (Å²) in [6.07, 6.45) is 1.47. The van der Waals surface area contributed by atoms with Crippen molar-refractivity contribution in [3.63, 3.8) is 0 Å². The third-order valence-corrected chi connectivity index (χ3v) is 7.66. The fourth-order valence-electron chi connectivity index (χ4n) is 3.92. The zero-order chi connectivity index (χ0) is 23.7. The molecule has 2 aromatic carbocycles. The summed E-state index contributed by atoms with van der Waals surface area (Å²) in [5.41, 5.74) is 1.88. The molecule has 4 aromatic rings. The Kier molecular flexibility index (Phi) is 5.75. The van der Waals surface area contributed by atoms with Crippen LogP contribution in [0.3, 0.4) is 0 Å². The van der Waals surface area contributed by atoms with Crippen LogP contribution in [0.2, 0.25) is 0 Å². The minimum Gasteiger partial charge on any atom is -0.497 e. The smallest absolute Gasteiger partial charge is 0.243 e. The molecule has 0 bridgehead atoms. The molecule has 1 aliphatic rings. The molecule has 1 fully saturated rings. The first-order chi connectivity index (χ1) is 16.5. The van der Waals surface area contributed by atoms with Crippen LogP contribution in [-0.4, -0.2) is 78.1 Å². The molecule has 12 heteroatoms. The van der Waals surface area contributed by atoms with Crippen molar-refractivity contribution >= 4 is 27.0 Å². The van der Waals surface area contributed by atoms with Crippen LogP contribution in [0.25, 0.3) is 16.9 Å². The lowest BCUT2D eigenvalue weighted by Crippen LogP contribution is -2.49. The summed E-state index contributed by atoms with van der Waals surface area (Å²) in [7, 11) is -0.451. The van der Waals surface area contributed by atoms with Crippen molar-refractivity contribution < 1.29 is 17.9 Å². The van der Waals surface area contributed by atoms with Crippen molar-refractivity contribution in [1.29, 1.82) is 0 Å². The molecule has 3 heterocycles. The van der Waals surface area contributed by atoms with Gasteiger partial charge in [-0.3, -0.25) is 0 Å². The number of benzene rings is 2. The third kappa shape index (κ3) is 3.90. The van der Waals surface area contributed by atoms with Crippen molar-refractivity contribution in [1.82, 2.24) is 29.3 Å². The summed E-state index contributed by atoms with van der Waals surface area (Å²) >= 11 is 0. The Balaban J connectivity index is 1.37. The highest BCUT2D eigenvalue weighted by atomic mass is 32.2. The number of aromatic nitrogens is 5. The highest BCUT2D eigenvalue weighted by molar-refractivity contribution is 7.89. The van der Waals surface area contributed by atoms with E-state index in [-0.39, 0.29) is 4.90 Å². The number of methoxy groups -OCH3 is 2. The average Bonchev–Trinajstić information content (AvgIpc) is 3.33. The standard InChI is InChI=1S/C22H23N7O4S/c1-32-17-6-8-19(9-7-17)34(30,31)28-12-10-27(11-13-28)21-20-22(24-15-23-21)29(26-25-20)16-4-3-5-18(14-16)33-2/h3-9,14-15H,10-13H2,1-2H3. The van der Waals surface area contributed by atoms with Gasteiger partial charge in [0.05, 0.1) is 24.8 Å². The average molecular weight is 482 g/mol. The number of sulfonamides is 1. The van der Waals surface area contributed by atoms with Crippen molar-refractivity contribution in [2.24, 2.45) is 0 Å². The van der Waals surface area contributed by atoms with Crippen molar-refractivity contribution in [3.8, 4) is 17.2 Å².